The zero-order valence-electron chi connectivity index (χ0n) is 6.36. The van der Waals surface area contributed by atoms with Crippen molar-refractivity contribution < 1.29 is 17.2 Å². The van der Waals surface area contributed by atoms with E-state index in [4.69, 9.17) is 4.55 Å². The molecule has 0 aromatic rings. The van der Waals surface area contributed by atoms with Gasteiger partial charge in [-0.15, -0.1) is 0 Å². The summed E-state index contributed by atoms with van der Waals surface area (Å²) in [5, 5.41) is 0. The lowest BCUT2D eigenvalue weighted by Gasteiger charge is -1.94. The van der Waals surface area contributed by atoms with E-state index in [1.54, 1.807) is 6.08 Å². The van der Waals surface area contributed by atoms with Gasteiger partial charge in [-0.3, -0.25) is 4.55 Å². The van der Waals surface area contributed by atoms with Crippen molar-refractivity contribution in [3.05, 3.63) is 12.2 Å². The quantitative estimate of drug-likeness (QED) is 0.392. The van der Waals surface area contributed by atoms with Crippen molar-refractivity contribution in [2.45, 2.75) is 19.8 Å². The van der Waals surface area contributed by atoms with Crippen LogP contribution in [0.2, 0.25) is 0 Å². The molecule has 0 aliphatic heterocycles. The van der Waals surface area contributed by atoms with Gasteiger partial charge in [-0.25, -0.2) is 4.18 Å². The fourth-order valence-electron chi connectivity index (χ4n) is 0.506. The SMILES string of the molecule is CCC=CCCOS(=O)(=O)O. The van der Waals surface area contributed by atoms with Gasteiger partial charge >= 0.3 is 10.4 Å². The molecule has 0 spiro atoms. The third-order valence-electron chi connectivity index (χ3n) is 0.919. The van der Waals surface area contributed by atoms with Gasteiger partial charge < -0.3 is 0 Å². The van der Waals surface area contributed by atoms with Crippen LogP contribution < -0.4 is 0 Å². The van der Waals surface area contributed by atoms with Gasteiger partial charge in [0.2, 0.25) is 0 Å². The third kappa shape index (κ3) is 9.61. The molecule has 0 unspecified atom stereocenters. The zero-order chi connectivity index (χ0) is 8.74. The lowest BCUT2D eigenvalue weighted by atomic mass is 10.3. The molecule has 0 saturated heterocycles. The number of hydrogen-bond donors (Lipinski definition) is 1. The summed E-state index contributed by atoms with van der Waals surface area (Å²) in [5.74, 6) is 0. The summed E-state index contributed by atoms with van der Waals surface area (Å²) < 4.78 is 32.1. The summed E-state index contributed by atoms with van der Waals surface area (Å²) in [4.78, 5) is 0. The standard InChI is InChI=1S/C6H12O4S/c1-2-3-4-5-6-10-11(7,8)9/h3-4H,2,5-6H2,1H3,(H,7,8,9). The van der Waals surface area contributed by atoms with Gasteiger partial charge in [-0.2, -0.15) is 8.42 Å². The van der Waals surface area contributed by atoms with Gasteiger partial charge in [0.05, 0.1) is 6.61 Å². The van der Waals surface area contributed by atoms with Crippen LogP contribution in [0.15, 0.2) is 12.2 Å². The maximum absolute atomic E-state index is 9.97. The summed E-state index contributed by atoms with van der Waals surface area (Å²) in [7, 11) is -4.25. The van der Waals surface area contributed by atoms with Crippen LogP contribution in [-0.4, -0.2) is 19.6 Å². The molecule has 0 fully saturated rings. The van der Waals surface area contributed by atoms with E-state index in [0.29, 0.717) is 6.42 Å². The molecule has 0 aromatic heterocycles. The van der Waals surface area contributed by atoms with E-state index in [1.807, 2.05) is 13.0 Å². The smallest absolute Gasteiger partial charge is 0.264 e. The minimum Gasteiger partial charge on any atom is -0.264 e. The van der Waals surface area contributed by atoms with E-state index in [-0.39, 0.29) is 6.61 Å². The fraction of sp³-hybridized carbons (Fsp3) is 0.667. The van der Waals surface area contributed by atoms with Gasteiger partial charge in [-0.05, 0) is 12.8 Å². The van der Waals surface area contributed by atoms with E-state index in [9.17, 15) is 8.42 Å². The molecule has 0 aromatic carbocycles. The van der Waals surface area contributed by atoms with Crippen molar-refractivity contribution in [3.63, 3.8) is 0 Å². The van der Waals surface area contributed by atoms with Gasteiger partial charge in [0, 0.05) is 0 Å². The predicted octanol–water partition coefficient (Wildman–Crippen LogP) is 1.16. The summed E-state index contributed by atoms with van der Waals surface area (Å²) in [6, 6.07) is 0. The van der Waals surface area contributed by atoms with E-state index < -0.39 is 10.4 Å². The molecule has 0 bridgehead atoms. The van der Waals surface area contributed by atoms with Crippen molar-refractivity contribution in [1.82, 2.24) is 0 Å². The van der Waals surface area contributed by atoms with Crippen molar-refractivity contribution in [3.8, 4) is 0 Å². The largest absolute Gasteiger partial charge is 0.397 e. The van der Waals surface area contributed by atoms with Gasteiger partial charge in [0.25, 0.3) is 0 Å². The first-order valence-electron chi connectivity index (χ1n) is 3.33. The van der Waals surface area contributed by atoms with Crippen LogP contribution in [0.25, 0.3) is 0 Å². The van der Waals surface area contributed by atoms with Crippen molar-refractivity contribution >= 4 is 10.4 Å². The molecule has 0 radical (unpaired) electrons. The summed E-state index contributed by atoms with van der Waals surface area (Å²) in [6.45, 7) is 1.97. The Morgan fingerprint density at radius 2 is 2.09 bits per heavy atom. The van der Waals surface area contributed by atoms with E-state index in [1.165, 1.54) is 0 Å². The lowest BCUT2D eigenvalue weighted by Crippen LogP contribution is -2.03. The van der Waals surface area contributed by atoms with E-state index in [2.05, 4.69) is 4.18 Å². The predicted molar refractivity (Wildman–Crippen MR) is 41.5 cm³/mol. The highest BCUT2D eigenvalue weighted by atomic mass is 32.3. The van der Waals surface area contributed by atoms with Crippen LogP contribution in [0.1, 0.15) is 19.8 Å². The third-order valence-corrected chi connectivity index (χ3v) is 1.38. The molecule has 0 heterocycles. The van der Waals surface area contributed by atoms with Gasteiger partial charge in [0.15, 0.2) is 0 Å². The molecule has 66 valence electrons. The number of allylic oxidation sites excluding steroid dienone is 1. The molecular weight excluding hydrogens is 168 g/mol. The Morgan fingerprint density at radius 1 is 1.45 bits per heavy atom. The van der Waals surface area contributed by atoms with Crippen LogP contribution in [0.5, 0.6) is 0 Å². The molecule has 0 rings (SSSR count). The van der Waals surface area contributed by atoms with Crippen LogP contribution in [0.3, 0.4) is 0 Å². The first kappa shape index (κ1) is 10.6. The van der Waals surface area contributed by atoms with E-state index >= 15 is 0 Å². The van der Waals surface area contributed by atoms with Crippen LogP contribution in [0.4, 0.5) is 0 Å². The zero-order valence-corrected chi connectivity index (χ0v) is 7.17. The Morgan fingerprint density at radius 3 is 2.55 bits per heavy atom. The van der Waals surface area contributed by atoms with Crippen molar-refractivity contribution in [1.29, 1.82) is 0 Å². The Kier molecular flexibility index (Phi) is 5.10. The number of rotatable bonds is 5. The summed E-state index contributed by atoms with van der Waals surface area (Å²) >= 11 is 0. The van der Waals surface area contributed by atoms with Crippen molar-refractivity contribution in [2.24, 2.45) is 0 Å². The highest BCUT2D eigenvalue weighted by molar-refractivity contribution is 7.80. The van der Waals surface area contributed by atoms with Crippen molar-refractivity contribution in [2.75, 3.05) is 6.61 Å². The summed E-state index contributed by atoms with van der Waals surface area (Å²) in [5.41, 5.74) is 0. The highest BCUT2D eigenvalue weighted by Crippen LogP contribution is 1.91. The van der Waals surface area contributed by atoms with Crippen LogP contribution in [0, 0.1) is 0 Å². The molecule has 0 aliphatic rings. The molecule has 0 amide bonds. The van der Waals surface area contributed by atoms with Crippen LogP contribution in [-0.2, 0) is 14.6 Å². The first-order chi connectivity index (χ1) is 5.06. The second-order valence-corrected chi connectivity index (χ2v) is 3.01. The Balaban J connectivity index is 3.36. The Labute approximate surface area is 66.8 Å². The normalized spacial score (nSPS) is 12.5. The van der Waals surface area contributed by atoms with Gasteiger partial charge in [-0.1, -0.05) is 19.1 Å². The Bertz CT molecular complexity index is 205. The number of hydrogen-bond acceptors (Lipinski definition) is 3. The summed E-state index contributed by atoms with van der Waals surface area (Å²) in [6.07, 6.45) is 5.10. The van der Waals surface area contributed by atoms with Gasteiger partial charge in [0.1, 0.15) is 0 Å². The maximum Gasteiger partial charge on any atom is 0.397 e. The molecule has 4 nitrogen and oxygen atoms in total. The molecule has 11 heavy (non-hydrogen) atoms. The molecular formula is C6H12O4S. The monoisotopic (exact) mass is 180 g/mol. The molecule has 0 atom stereocenters. The average molecular weight is 180 g/mol. The second kappa shape index (κ2) is 5.29. The van der Waals surface area contributed by atoms with Crippen LogP contribution >= 0.6 is 0 Å². The lowest BCUT2D eigenvalue weighted by molar-refractivity contribution is 0.273. The minimum atomic E-state index is -4.25. The first-order valence-corrected chi connectivity index (χ1v) is 4.69. The molecule has 0 aliphatic carbocycles. The van der Waals surface area contributed by atoms with E-state index in [0.717, 1.165) is 6.42 Å². The highest BCUT2D eigenvalue weighted by Gasteiger charge is 2.00. The maximum atomic E-state index is 9.97. The molecule has 5 heteroatoms. The topological polar surface area (TPSA) is 63.6 Å². The fourth-order valence-corrected chi connectivity index (χ4v) is 0.813. The average Bonchev–Trinajstić information content (AvgIpc) is 1.85. The molecule has 0 saturated carbocycles. The second-order valence-electron chi connectivity index (χ2n) is 1.92. The molecule has 1 N–H and O–H groups in total. The Hall–Kier alpha value is -0.390. The minimum absolute atomic E-state index is 0.00463.